The first-order valence-electron chi connectivity index (χ1n) is 5.23. The van der Waals surface area contributed by atoms with Gasteiger partial charge in [0.2, 0.25) is 0 Å². The molecule has 1 aromatic carbocycles. The normalized spacial score (nSPS) is 10.1. The van der Waals surface area contributed by atoms with Crippen LogP contribution in [0.5, 0.6) is 5.75 Å². The molecule has 0 aliphatic heterocycles. The number of aromatic amines is 1. The van der Waals surface area contributed by atoms with Crippen LogP contribution in [-0.4, -0.2) is 21.2 Å². The third-order valence-electron chi connectivity index (χ3n) is 2.31. The number of nitrogens with one attached hydrogen (secondary N) is 2. The minimum atomic E-state index is -0.509. The molecule has 18 heavy (non-hydrogen) atoms. The number of anilines is 1. The van der Waals surface area contributed by atoms with Gasteiger partial charge in [-0.15, -0.1) is 0 Å². The van der Waals surface area contributed by atoms with Crippen molar-refractivity contribution in [3.8, 4) is 5.75 Å². The van der Waals surface area contributed by atoms with Crippen LogP contribution in [0.15, 0.2) is 35.1 Å². The molecule has 0 spiro atoms. The lowest BCUT2D eigenvalue weighted by Gasteiger charge is -2.07. The van der Waals surface area contributed by atoms with Gasteiger partial charge in [0, 0.05) is 6.07 Å². The number of hydrogen-bond donors (Lipinski definition) is 3. The number of benzene rings is 1. The number of rotatable bonds is 2. The number of amides is 1. The number of phenolic OH excluding ortho intramolecular Hbond substituents is 1. The fourth-order valence-corrected chi connectivity index (χ4v) is 1.40. The highest BCUT2D eigenvalue weighted by Crippen LogP contribution is 2.24. The molecular weight excluding hydrogens is 234 g/mol. The number of aromatic hydroxyl groups is 1. The minimum absolute atomic E-state index is 0.0206. The van der Waals surface area contributed by atoms with E-state index in [1.54, 1.807) is 12.1 Å². The van der Waals surface area contributed by atoms with Crippen molar-refractivity contribution >= 4 is 11.6 Å². The van der Waals surface area contributed by atoms with E-state index in [-0.39, 0.29) is 17.0 Å². The topological polar surface area (TPSA) is 95.1 Å². The molecule has 3 N–H and O–H groups in total. The van der Waals surface area contributed by atoms with Crippen molar-refractivity contribution in [1.82, 2.24) is 10.2 Å². The van der Waals surface area contributed by atoms with Crippen LogP contribution in [-0.2, 0) is 0 Å². The highest BCUT2D eigenvalue weighted by atomic mass is 16.3. The fourth-order valence-electron chi connectivity index (χ4n) is 1.40. The van der Waals surface area contributed by atoms with E-state index in [0.717, 1.165) is 5.56 Å². The molecule has 0 atom stereocenters. The van der Waals surface area contributed by atoms with Crippen LogP contribution in [0.1, 0.15) is 16.1 Å². The first-order chi connectivity index (χ1) is 8.56. The molecule has 6 nitrogen and oxygen atoms in total. The maximum absolute atomic E-state index is 11.8. The van der Waals surface area contributed by atoms with Gasteiger partial charge in [0.1, 0.15) is 11.4 Å². The van der Waals surface area contributed by atoms with E-state index in [9.17, 15) is 14.7 Å². The molecule has 0 saturated heterocycles. The SMILES string of the molecule is Cc1ccc(NC(=O)c2ccc(=O)[nH]n2)c(O)c1. The Balaban J connectivity index is 2.21. The number of nitrogens with zero attached hydrogens (tertiary/aromatic N) is 1. The third kappa shape index (κ3) is 2.54. The molecule has 0 aliphatic carbocycles. The summed E-state index contributed by atoms with van der Waals surface area (Å²) in [4.78, 5) is 22.6. The molecule has 0 fully saturated rings. The summed E-state index contributed by atoms with van der Waals surface area (Å²) in [6, 6.07) is 7.40. The molecule has 0 unspecified atom stereocenters. The van der Waals surface area contributed by atoms with Crippen LogP contribution in [0.3, 0.4) is 0 Å². The molecule has 2 aromatic rings. The van der Waals surface area contributed by atoms with Gasteiger partial charge in [-0.1, -0.05) is 6.07 Å². The Bertz CT molecular complexity index is 629. The molecule has 0 radical (unpaired) electrons. The van der Waals surface area contributed by atoms with E-state index in [2.05, 4.69) is 15.5 Å². The maximum atomic E-state index is 11.8. The molecule has 6 heteroatoms. The first kappa shape index (κ1) is 11.8. The molecule has 2 rings (SSSR count). The molecule has 92 valence electrons. The van der Waals surface area contributed by atoms with Crippen molar-refractivity contribution in [3.05, 3.63) is 51.9 Å². The van der Waals surface area contributed by atoms with Gasteiger partial charge in [-0.05, 0) is 30.7 Å². The number of phenols is 1. The number of H-pyrrole nitrogens is 1. The zero-order valence-electron chi connectivity index (χ0n) is 9.60. The smallest absolute Gasteiger partial charge is 0.276 e. The molecule has 0 saturated carbocycles. The van der Waals surface area contributed by atoms with Crippen LogP contribution in [0.25, 0.3) is 0 Å². The predicted octanol–water partition coefficient (Wildman–Crippen LogP) is 1.04. The van der Waals surface area contributed by atoms with Gasteiger partial charge in [0.15, 0.2) is 0 Å². The monoisotopic (exact) mass is 245 g/mol. The van der Waals surface area contributed by atoms with Crippen molar-refractivity contribution in [2.75, 3.05) is 5.32 Å². The summed E-state index contributed by atoms with van der Waals surface area (Å²) in [6.45, 7) is 1.83. The lowest BCUT2D eigenvalue weighted by molar-refractivity contribution is 0.102. The van der Waals surface area contributed by atoms with Gasteiger partial charge in [-0.2, -0.15) is 5.10 Å². The van der Waals surface area contributed by atoms with Crippen LogP contribution < -0.4 is 10.9 Å². The van der Waals surface area contributed by atoms with Crippen molar-refractivity contribution in [2.24, 2.45) is 0 Å². The molecule has 1 aromatic heterocycles. The van der Waals surface area contributed by atoms with E-state index in [1.807, 2.05) is 6.92 Å². The van der Waals surface area contributed by atoms with Crippen LogP contribution in [0.2, 0.25) is 0 Å². The van der Waals surface area contributed by atoms with E-state index in [0.29, 0.717) is 5.69 Å². The van der Waals surface area contributed by atoms with Crippen LogP contribution >= 0.6 is 0 Å². The Labute approximate surface area is 102 Å². The standard InChI is InChI=1S/C12H11N3O3/c1-7-2-3-8(10(16)6-7)13-12(18)9-4-5-11(17)15-14-9/h2-6,16H,1H3,(H,13,18)(H,15,17). The average Bonchev–Trinajstić information content (AvgIpc) is 2.33. The number of hydrogen-bond acceptors (Lipinski definition) is 4. The number of carbonyl (C=O) groups excluding carboxylic acids is 1. The van der Waals surface area contributed by atoms with Gasteiger partial charge >= 0.3 is 0 Å². The summed E-state index contributed by atoms with van der Waals surface area (Å²) >= 11 is 0. The second kappa shape index (κ2) is 4.70. The van der Waals surface area contributed by atoms with Gasteiger partial charge in [-0.3, -0.25) is 9.59 Å². The van der Waals surface area contributed by atoms with Gasteiger partial charge in [-0.25, -0.2) is 5.10 Å². The predicted molar refractivity (Wildman–Crippen MR) is 65.7 cm³/mol. The van der Waals surface area contributed by atoms with E-state index >= 15 is 0 Å². The van der Waals surface area contributed by atoms with Crippen molar-refractivity contribution in [2.45, 2.75) is 6.92 Å². The van der Waals surface area contributed by atoms with E-state index in [4.69, 9.17) is 0 Å². The summed E-state index contributed by atoms with van der Waals surface area (Å²) in [5.74, 6) is -0.529. The zero-order valence-corrected chi connectivity index (χ0v) is 9.60. The summed E-state index contributed by atoms with van der Waals surface area (Å²) in [5.41, 5.74) is 0.852. The lowest BCUT2D eigenvalue weighted by atomic mass is 10.2. The molecule has 1 amide bonds. The van der Waals surface area contributed by atoms with Crippen molar-refractivity contribution in [1.29, 1.82) is 0 Å². The largest absolute Gasteiger partial charge is 0.506 e. The summed E-state index contributed by atoms with van der Waals surface area (Å²) in [7, 11) is 0. The summed E-state index contributed by atoms with van der Waals surface area (Å²) in [6.07, 6.45) is 0. The Morgan fingerprint density at radius 3 is 2.72 bits per heavy atom. The third-order valence-corrected chi connectivity index (χ3v) is 2.31. The van der Waals surface area contributed by atoms with E-state index in [1.165, 1.54) is 18.2 Å². The fraction of sp³-hybridized carbons (Fsp3) is 0.0833. The number of aromatic nitrogens is 2. The molecular formula is C12H11N3O3. The lowest BCUT2D eigenvalue weighted by Crippen LogP contribution is -2.17. The number of carbonyl (C=O) groups is 1. The summed E-state index contributed by atoms with van der Waals surface area (Å²) in [5, 5.41) is 17.9. The number of aryl methyl sites for hydroxylation is 1. The van der Waals surface area contributed by atoms with Crippen molar-refractivity contribution in [3.63, 3.8) is 0 Å². The molecule has 1 heterocycles. The van der Waals surface area contributed by atoms with Gasteiger partial charge < -0.3 is 10.4 Å². The average molecular weight is 245 g/mol. The van der Waals surface area contributed by atoms with Crippen LogP contribution in [0.4, 0.5) is 5.69 Å². The molecule has 0 aliphatic rings. The Morgan fingerprint density at radius 2 is 2.11 bits per heavy atom. The maximum Gasteiger partial charge on any atom is 0.276 e. The Morgan fingerprint density at radius 1 is 1.33 bits per heavy atom. The van der Waals surface area contributed by atoms with Crippen molar-refractivity contribution < 1.29 is 9.90 Å². The Kier molecular flexibility index (Phi) is 3.09. The first-order valence-corrected chi connectivity index (χ1v) is 5.23. The Hall–Kier alpha value is -2.63. The second-order valence-electron chi connectivity index (χ2n) is 3.78. The van der Waals surface area contributed by atoms with Crippen LogP contribution in [0, 0.1) is 6.92 Å². The zero-order chi connectivity index (χ0) is 13.1. The highest BCUT2D eigenvalue weighted by Gasteiger charge is 2.10. The minimum Gasteiger partial charge on any atom is -0.506 e. The van der Waals surface area contributed by atoms with E-state index < -0.39 is 5.91 Å². The van der Waals surface area contributed by atoms with Gasteiger partial charge in [0.25, 0.3) is 11.5 Å². The quantitative estimate of drug-likeness (QED) is 0.689. The van der Waals surface area contributed by atoms with Gasteiger partial charge in [0.05, 0.1) is 5.69 Å². The highest BCUT2D eigenvalue weighted by molar-refractivity contribution is 6.03. The molecule has 0 bridgehead atoms. The summed E-state index contributed by atoms with van der Waals surface area (Å²) < 4.78 is 0. The second-order valence-corrected chi connectivity index (χ2v) is 3.78.